The van der Waals surface area contributed by atoms with Crippen LogP contribution in [-0.2, 0) is 12.1 Å². The molecule has 2 atom stereocenters. The van der Waals surface area contributed by atoms with Crippen LogP contribution in [0.4, 0.5) is 0 Å². The van der Waals surface area contributed by atoms with E-state index in [1.807, 2.05) is 35.2 Å². The Bertz CT molecular complexity index is 767. The Balaban J connectivity index is 1.66. The Kier molecular flexibility index (Phi) is 4.29. The van der Waals surface area contributed by atoms with Crippen molar-refractivity contribution < 1.29 is 5.11 Å². The molecule has 0 spiro atoms. The molecule has 5 heteroatoms. The molecule has 1 N–H and O–H groups in total. The summed E-state index contributed by atoms with van der Waals surface area (Å²) in [7, 11) is 0. The number of benzene rings is 2. The summed E-state index contributed by atoms with van der Waals surface area (Å²) < 4.78 is 0. The minimum absolute atomic E-state index is 0.0108. The second-order valence-electron chi connectivity index (χ2n) is 6.15. The number of thioether (sulfide) groups is 1. The lowest BCUT2D eigenvalue weighted by Crippen LogP contribution is -2.48. The summed E-state index contributed by atoms with van der Waals surface area (Å²) in [5.41, 5.74) is 0.977. The Morgan fingerprint density at radius 3 is 2.71 bits per heavy atom. The van der Waals surface area contributed by atoms with Gasteiger partial charge in [-0.05, 0) is 24.5 Å². The lowest BCUT2D eigenvalue weighted by atomic mass is 9.93. The zero-order chi connectivity index (χ0) is 16.6. The molecule has 24 heavy (non-hydrogen) atoms. The molecule has 3 nitrogen and oxygen atoms in total. The van der Waals surface area contributed by atoms with Gasteiger partial charge < -0.3 is 10.0 Å². The zero-order valence-corrected chi connectivity index (χ0v) is 14.8. The number of amidine groups is 1. The van der Waals surface area contributed by atoms with Crippen LogP contribution in [0.3, 0.4) is 0 Å². The molecule has 2 aromatic rings. The lowest BCUT2D eigenvalue weighted by Gasteiger charge is -2.37. The first-order chi connectivity index (χ1) is 11.7. The number of hydrogen-bond donors (Lipinski definition) is 1. The molecule has 0 aromatic heterocycles. The second-order valence-corrected chi connectivity index (χ2v) is 7.73. The third kappa shape index (κ3) is 2.63. The first-order valence-electron chi connectivity index (χ1n) is 8.19. The Morgan fingerprint density at radius 2 is 1.92 bits per heavy atom. The third-order valence-corrected chi connectivity index (χ3v) is 6.46. The van der Waals surface area contributed by atoms with Crippen LogP contribution < -0.4 is 0 Å². The fourth-order valence-corrected chi connectivity index (χ4v) is 5.22. The minimum Gasteiger partial charge on any atom is -0.366 e. The van der Waals surface area contributed by atoms with Gasteiger partial charge in [0.25, 0.3) is 0 Å². The van der Waals surface area contributed by atoms with Crippen molar-refractivity contribution >= 4 is 28.5 Å². The van der Waals surface area contributed by atoms with E-state index in [0.29, 0.717) is 5.02 Å². The maximum Gasteiger partial charge on any atom is 0.180 e. The summed E-state index contributed by atoms with van der Waals surface area (Å²) in [6, 6.07) is 18.0. The van der Waals surface area contributed by atoms with E-state index in [1.54, 1.807) is 11.8 Å². The van der Waals surface area contributed by atoms with Crippen LogP contribution in [0.25, 0.3) is 0 Å². The van der Waals surface area contributed by atoms with Gasteiger partial charge in [-0.3, -0.25) is 4.99 Å². The Hall–Kier alpha value is -1.49. The predicted octanol–water partition coefficient (Wildman–Crippen LogP) is 3.90. The molecule has 1 saturated heterocycles. The van der Waals surface area contributed by atoms with Crippen LogP contribution in [0.15, 0.2) is 59.6 Å². The van der Waals surface area contributed by atoms with E-state index < -0.39 is 5.72 Å². The molecule has 4 rings (SSSR count). The number of aliphatic hydroxyl groups is 1. The van der Waals surface area contributed by atoms with E-state index in [1.165, 1.54) is 5.56 Å². The predicted molar refractivity (Wildman–Crippen MR) is 100 cm³/mol. The Labute approximate surface area is 151 Å². The number of aliphatic imine (C=N–C) groups is 1. The maximum atomic E-state index is 11.7. The molecule has 0 amide bonds. The van der Waals surface area contributed by atoms with Crippen molar-refractivity contribution in [3.63, 3.8) is 0 Å². The van der Waals surface area contributed by atoms with Gasteiger partial charge in [0, 0.05) is 17.1 Å². The van der Waals surface area contributed by atoms with Gasteiger partial charge >= 0.3 is 0 Å². The highest BCUT2D eigenvalue weighted by molar-refractivity contribution is 8.14. The van der Waals surface area contributed by atoms with Crippen molar-refractivity contribution in [1.82, 2.24) is 4.90 Å². The molecule has 124 valence electrons. The van der Waals surface area contributed by atoms with E-state index in [4.69, 9.17) is 11.6 Å². The number of hydrogen-bond acceptors (Lipinski definition) is 4. The average molecular weight is 359 g/mol. The summed E-state index contributed by atoms with van der Waals surface area (Å²) in [6.45, 7) is 1.48. The monoisotopic (exact) mass is 358 g/mol. The molecule has 2 aliphatic heterocycles. The fraction of sp³-hybridized carbons (Fsp3) is 0.316. The number of fused-ring (bicyclic) bond motifs is 1. The molecule has 0 radical (unpaired) electrons. The van der Waals surface area contributed by atoms with E-state index in [0.717, 1.165) is 36.7 Å². The first kappa shape index (κ1) is 16.0. The van der Waals surface area contributed by atoms with E-state index in [-0.39, 0.29) is 5.25 Å². The highest BCUT2D eigenvalue weighted by Crippen LogP contribution is 2.49. The van der Waals surface area contributed by atoms with Crippen molar-refractivity contribution in [3.05, 3.63) is 70.7 Å². The molecular formula is C19H19ClN2OS. The molecule has 2 unspecified atom stereocenters. The van der Waals surface area contributed by atoms with Crippen LogP contribution >= 0.6 is 23.4 Å². The number of rotatable bonds is 4. The van der Waals surface area contributed by atoms with Crippen molar-refractivity contribution in [2.24, 2.45) is 4.99 Å². The lowest BCUT2D eigenvalue weighted by molar-refractivity contribution is -0.0670. The normalized spacial score (nSPS) is 25.7. The Morgan fingerprint density at radius 1 is 1.17 bits per heavy atom. The van der Waals surface area contributed by atoms with Crippen LogP contribution in [0.2, 0.25) is 5.02 Å². The first-order valence-corrected chi connectivity index (χ1v) is 9.45. The fourth-order valence-electron chi connectivity index (χ4n) is 3.51. The quantitative estimate of drug-likeness (QED) is 0.900. The van der Waals surface area contributed by atoms with Crippen LogP contribution in [0, 0.1) is 0 Å². The molecule has 0 bridgehead atoms. The number of aryl methyl sites for hydroxylation is 1. The van der Waals surface area contributed by atoms with Crippen LogP contribution in [0.5, 0.6) is 0 Å². The van der Waals surface area contributed by atoms with Gasteiger partial charge in [0.2, 0.25) is 0 Å². The number of halogens is 1. The van der Waals surface area contributed by atoms with Gasteiger partial charge in [0.1, 0.15) is 0 Å². The highest BCUT2D eigenvalue weighted by atomic mass is 35.5. The second kappa shape index (κ2) is 6.43. The molecule has 0 saturated carbocycles. The van der Waals surface area contributed by atoms with E-state index in [2.05, 4.69) is 29.3 Å². The maximum absolute atomic E-state index is 11.7. The smallest absolute Gasteiger partial charge is 0.180 e. The van der Waals surface area contributed by atoms with E-state index in [9.17, 15) is 5.11 Å². The molecule has 1 fully saturated rings. The van der Waals surface area contributed by atoms with Gasteiger partial charge in [-0.15, -0.1) is 0 Å². The van der Waals surface area contributed by atoms with Gasteiger partial charge in [0.05, 0.1) is 11.8 Å². The van der Waals surface area contributed by atoms with Gasteiger partial charge in [-0.25, -0.2) is 0 Å². The van der Waals surface area contributed by atoms with E-state index >= 15 is 0 Å². The minimum atomic E-state index is -1.09. The highest BCUT2D eigenvalue weighted by Gasteiger charge is 2.54. The third-order valence-electron chi connectivity index (χ3n) is 4.72. The standard InChI is InChI=1S/C19H19ClN2OS/c20-16-9-5-4-8-15(16)19(23)17(24-18-21-12-13-22(18)19)11-10-14-6-2-1-3-7-14/h1-9,17,23H,10-13H2. The van der Waals surface area contributed by atoms with Gasteiger partial charge in [-0.1, -0.05) is 71.9 Å². The van der Waals surface area contributed by atoms with Crippen molar-refractivity contribution in [2.45, 2.75) is 23.8 Å². The largest absolute Gasteiger partial charge is 0.366 e. The summed E-state index contributed by atoms with van der Waals surface area (Å²) in [4.78, 5) is 6.58. The molecule has 2 aromatic carbocycles. The summed E-state index contributed by atoms with van der Waals surface area (Å²) in [6.07, 6.45) is 1.79. The summed E-state index contributed by atoms with van der Waals surface area (Å²) >= 11 is 8.11. The molecule has 0 aliphatic carbocycles. The van der Waals surface area contributed by atoms with Crippen molar-refractivity contribution in [1.29, 1.82) is 0 Å². The zero-order valence-electron chi connectivity index (χ0n) is 13.2. The summed E-state index contributed by atoms with van der Waals surface area (Å²) in [5, 5.41) is 13.3. The van der Waals surface area contributed by atoms with Crippen LogP contribution in [-0.4, -0.2) is 33.5 Å². The summed E-state index contributed by atoms with van der Waals surface area (Å²) in [5.74, 6) is 0. The average Bonchev–Trinajstić information content (AvgIpc) is 3.17. The van der Waals surface area contributed by atoms with Gasteiger partial charge in [-0.2, -0.15) is 0 Å². The van der Waals surface area contributed by atoms with Crippen molar-refractivity contribution in [2.75, 3.05) is 13.1 Å². The number of nitrogens with zero attached hydrogens (tertiary/aromatic N) is 2. The molecule has 2 aliphatic rings. The van der Waals surface area contributed by atoms with Gasteiger partial charge in [0.15, 0.2) is 10.9 Å². The topological polar surface area (TPSA) is 35.8 Å². The molecular weight excluding hydrogens is 340 g/mol. The molecule has 2 heterocycles. The van der Waals surface area contributed by atoms with Crippen LogP contribution in [0.1, 0.15) is 17.5 Å². The SMILES string of the molecule is OC1(c2ccccc2Cl)C(CCc2ccccc2)SC2=NCCN21. The van der Waals surface area contributed by atoms with Crippen molar-refractivity contribution in [3.8, 4) is 0 Å².